The average molecular weight is 435 g/mol. The van der Waals surface area contributed by atoms with Crippen LogP contribution in [-0.4, -0.2) is 26.2 Å². The molecule has 0 heterocycles. The van der Waals surface area contributed by atoms with Crippen LogP contribution in [0.25, 0.3) is 0 Å². The average Bonchev–Trinajstić information content (AvgIpc) is 2.64. The molecular formula is C21H34Cl3N3. The molecule has 0 aromatic heterocycles. The molecule has 0 spiro atoms. The summed E-state index contributed by atoms with van der Waals surface area (Å²) in [6.07, 6.45) is 3.64. The zero-order valence-corrected chi connectivity index (χ0v) is 18.3. The van der Waals surface area contributed by atoms with Gasteiger partial charge >= 0.3 is 0 Å². The molecular weight excluding hydrogens is 401 g/mol. The molecule has 0 aliphatic rings. The molecule has 0 aliphatic heterocycles. The number of hydrogen-bond donors (Lipinski definition) is 3. The Bertz CT molecular complexity index is 477. The zero-order valence-electron chi connectivity index (χ0n) is 15.9. The second-order valence-electron chi connectivity index (χ2n) is 6.14. The normalized spacial score (nSPS) is 9.63. The lowest BCUT2D eigenvalue weighted by Crippen LogP contribution is -2.23. The minimum atomic E-state index is 0. The summed E-state index contributed by atoms with van der Waals surface area (Å²) in [6, 6.07) is 21.2. The minimum absolute atomic E-state index is 0. The summed E-state index contributed by atoms with van der Waals surface area (Å²) in [5.74, 6) is 0. The largest absolute Gasteiger partial charge is 0.317 e. The lowest BCUT2D eigenvalue weighted by Gasteiger charge is -2.07. The second-order valence-corrected chi connectivity index (χ2v) is 6.14. The fourth-order valence-corrected chi connectivity index (χ4v) is 2.62. The molecule has 0 saturated heterocycles. The van der Waals surface area contributed by atoms with Gasteiger partial charge in [-0.1, -0.05) is 60.7 Å². The van der Waals surface area contributed by atoms with Gasteiger partial charge in [-0.3, -0.25) is 0 Å². The first-order chi connectivity index (χ1) is 11.9. The van der Waals surface area contributed by atoms with E-state index in [-0.39, 0.29) is 37.2 Å². The van der Waals surface area contributed by atoms with Crippen molar-refractivity contribution in [3.05, 3.63) is 71.8 Å². The number of hydrogen-bond acceptors (Lipinski definition) is 3. The Morgan fingerprint density at radius 1 is 0.444 bits per heavy atom. The fraction of sp³-hybridized carbons (Fsp3) is 0.429. The van der Waals surface area contributed by atoms with E-state index in [2.05, 4.69) is 76.6 Å². The molecule has 0 bridgehead atoms. The Labute approximate surface area is 183 Å². The van der Waals surface area contributed by atoms with Crippen LogP contribution in [-0.2, 0) is 13.1 Å². The Hall–Kier alpha value is -0.810. The van der Waals surface area contributed by atoms with Crippen LogP contribution in [0.2, 0.25) is 0 Å². The van der Waals surface area contributed by atoms with Crippen LogP contribution in [0.3, 0.4) is 0 Å². The zero-order chi connectivity index (χ0) is 16.7. The predicted molar refractivity (Wildman–Crippen MR) is 125 cm³/mol. The maximum atomic E-state index is 3.52. The summed E-state index contributed by atoms with van der Waals surface area (Å²) in [5, 5.41) is 10.5. The standard InChI is InChI=1S/C21H31N3.3ClH/c1-3-10-20(11-4-1)18-23-15-8-7-14-22-16-9-17-24-19-21-12-5-2-6-13-21;;;/h1-6,10-13,22-24H,7-9,14-19H2;3*1H. The van der Waals surface area contributed by atoms with Gasteiger partial charge in [-0.05, 0) is 56.6 Å². The summed E-state index contributed by atoms with van der Waals surface area (Å²) in [6.45, 7) is 6.32. The van der Waals surface area contributed by atoms with Crippen LogP contribution in [0.1, 0.15) is 30.4 Å². The molecule has 0 fully saturated rings. The molecule has 2 aromatic carbocycles. The number of unbranched alkanes of at least 4 members (excludes halogenated alkanes) is 1. The first-order valence-electron chi connectivity index (χ1n) is 9.15. The lowest BCUT2D eigenvalue weighted by atomic mass is 10.2. The molecule has 0 aliphatic carbocycles. The lowest BCUT2D eigenvalue weighted by molar-refractivity contribution is 0.558. The highest BCUT2D eigenvalue weighted by Crippen LogP contribution is 1.98. The third kappa shape index (κ3) is 14.9. The van der Waals surface area contributed by atoms with Gasteiger partial charge in [-0.15, -0.1) is 37.2 Å². The summed E-state index contributed by atoms with van der Waals surface area (Å²) >= 11 is 0. The van der Waals surface area contributed by atoms with E-state index in [1.165, 1.54) is 30.4 Å². The van der Waals surface area contributed by atoms with Crippen molar-refractivity contribution in [3.8, 4) is 0 Å². The number of benzene rings is 2. The molecule has 2 aromatic rings. The van der Waals surface area contributed by atoms with Crippen molar-refractivity contribution < 1.29 is 0 Å². The molecule has 3 nitrogen and oxygen atoms in total. The van der Waals surface area contributed by atoms with Gasteiger partial charge in [0, 0.05) is 13.1 Å². The molecule has 6 heteroatoms. The van der Waals surface area contributed by atoms with Crippen LogP contribution in [0.4, 0.5) is 0 Å². The fourth-order valence-electron chi connectivity index (χ4n) is 2.62. The van der Waals surface area contributed by atoms with E-state index < -0.39 is 0 Å². The van der Waals surface area contributed by atoms with Gasteiger partial charge < -0.3 is 16.0 Å². The van der Waals surface area contributed by atoms with Crippen molar-refractivity contribution in [3.63, 3.8) is 0 Å². The Balaban J connectivity index is 0. The molecule has 154 valence electrons. The first kappa shape index (κ1) is 28.4. The predicted octanol–water partition coefficient (Wildman–Crippen LogP) is 4.59. The summed E-state index contributed by atoms with van der Waals surface area (Å²) in [7, 11) is 0. The molecule has 0 amide bonds. The summed E-state index contributed by atoms with van der Waals surface area (Å²) < 4.78 is 0. The second kappa shape index (κ2) is 19.9. The first-order valence-corrected chi connectivity index (χ1v) is 9.15. The van der Waals surface area contributed by atoms with Crippen LogP contribution in [0.5, 0.6) is 0 Å². The van der Waals surface area contributed by atoms with Gasteiger partial charge in [0.15, 0.2) is 0 Å². The smallest absolute Gasteiger partial charge is 0.0205 e. The van der Waals surface area contributed by atoms with E-state index in [0.717, 1.165) is 39.3 Å². The molecule has 0 radical (unpaired) electrons. The third-order valence-corrected chi connectivity index (χ3v) is 4.01. The van der Waals surface area contributed by atoms with Crippen molar-refractivity contribution in [1.82, 2.24) is 16.0 Å². The van der Waals surface area contributed by atoms with E-state index in [4.69, 9.17) is 0 Å². The monoisotopic (exact) mass is 433 g/mol. The highest BCUT2D eigenvalue weighted by molar-refractivity contribution is 5.86. The minimum Gasteiger partial charge on any atom is -0.317 e. The third-order valence-electron chi connectivity index (χ3n) is 4.01. The van der Waals surface area contributed by atoms with E-state index in [1.54, 1.807) is 0 Å². The molecule has 0 saturated carbocycles. The molecule has 0 unspecified atom stereocenters. The van der Waals surface area contributed by atoms with Gasteiger partial charge in [0.2, 0.25) is 0 Å². The molecule has 0 atom stereocenters. The van der Waals surface area contributed by atoms with Gasteiger partial charge in [-0.25, -0.2) is 0 Å². The maximum Gasteiger partial charge on any atom is 0.0205 e. The van der Waals surface area contributed by atoms with Crippen LogP contribution >= 0.6 is 37.2 Å². The van der Waals surface area contributed by atoms with E-state index in [9.17, 15) is 0 Å². The number of halogens is 3. The van der Waals surface area contributed by atoms with Gasteiger partial charge in [0.1, 0.15) is 0 Å². The van der Waals surface area contributed by atoms with Crippen molar-refractivity contribution in [2.24, 2.45) is 0 Å². The van der Waals surface area contributed by atoms with Gasteiger partial charge in [0.25, 0.3) is 0 Å². The van der Waals surface area contributed by atoms with Crippen LogP contribution in [0, 0.1) is 0 Å². The van der Waals surface area contributed by atoms with Gasteiger partial charge in [0.05, 0.1) is 0 Å². The SMILES string of the molecule is Cl.Cl.Cl.c1ccc(CNCCCCNCCCNCc2ccccc2)cc1. The Morgan fingerprint density at radius 2 is 0.815 bits per heavy atom. The molecule has 3 N–H and O–H groups in total. The summed E-state index contributed by atoms with van der Waals surface area (Å²) in [4.78, 5) is 0. The maximum absolute atomic E-state index is 3.52. The van der Waals surface area contributed by atoms with E-state index in [1.807, 2.05) is 0 Å². The summed E-state index contributed by atoms with van der Waals surface area (Å²) in [5.41, 5.74) is 2.71. The van der Waals surface area contributed by atoms with E-state index >= 15 is 0 Å². The van der Waals surface area contributed by atoms with E-state index in [0.29, 0.717) is 0 Å². The molecule has 2 rings (SSSR count). The highest BCUT2D eigenvalue weighted by atomic mass is 35.5. The number of rotatable bonds is 13. The Kier molecular flexibility index (Phi) is 21.0. The molecule has 27 heavy (non-hydrogen) atoms. The van der Waals surface area contributed by atoms with Crippen LogP contribution in [0.15, 0.2) is 60.7 Å². The van der Waals surface area contributed by atoms with Crippen molar-refractivity contribution in [1.29, 1.82) is 0 Å². The quantitative estimate of drug-likeness (QED) is 0.403. The topological polar surface area (TPSA) is 36.1 Å². The number of nitrogens with one attached hydrogen (secondary N) is 3. The van der Waals surface area contributed by atoms with Crippen molar-refractivity contribution >= 4 is 37.2 Å². The Morgan fingerprint density at radius 3 is 1.30 bits per heavy atom. The van der Waals surface area contributed by atoms with Crippen molar-refractivity contribution in [2.45, 2.75) is 32.4 Å². The van der Waals surface area contributed by atoms with Crippen molar-refractivity contribution in [2.75, 3.05) is 26.2 Å². The van der Waals surface area contributed by atoms with Crippen LogP contribution < -0.4 is 16.0 Å². The van der Waals surface area contributed by atoms with Gasteiger partial charge in [-0.2, -0.15) is 0 Å². The highest BCUT2D eigenvalue weighted by Gasteiger charge is 1.93.